The van der Waals surface area contributed by atoms with Gasteiger partial charge in [0.05, 0.1) is 0 Å². The van der Waals surface area contributed by atoms with Crippen LogP contribution in [-0.4, -0.2) is 54.1 Å². The van der Waals surface area contributed by atoms with Gasteiger partial charge in [-0.2, -0.15) is 0 Å². The Balaban J connectivity index is 2.28. The van der Waals surface area contributed by atoms with Gasteiger partial charge in [0.15, 0.2) is 0 Å². The molecule has 1 saturated heterocycles. The van der Waals surface area contributed by atoms with E-state index in [9.17, 15) is 0 Å². The number of rotatable bonds is 4. The van der Waals surface area contributed by atoms with E-state index in [4.69, 9.17) is 0 Å². The number of anilines is 2. The second-order valence-electron chi connectivity index (χ2n) is 5.59. The summed E-state index contributed by atoms with van der Waals surface area (Å²) < 4.78 is 0. The number of hydrogen-bond acceptors (Lipinski definition) is 5. The summed E-state index contributed by atoms with van der Waals surface area (Å²) in [6.07, 6.45) is 1.18. The minimum Gasteiger partial charge on any atom is -0.370 e. The quantitative estimate of drug-likeness (QED) is 0.912. The van der Waals surface area contributed by atoms with Crippen LogP contribution in [0.3, 0.4) is 0 Å². The van der Waals surface area contributed by atoms with Gasteiger partial charge >= 0.3 is 0 Å². The number of hydrogen-bond donors (Lipinski definition) is 1. The van der Waals surface area contributed by atoms with Crippen molar-refractivity contribution in [1.29, 1.82) is 0 Å². The Labute approximate surface area is 122 Å². The van der Waals surface area contributed by atoms with E-state index in [-0.39, 0.29) is 0 Å². The van der Waals surface area contributed by atoms with Gasteiger partial charge in [0.2, 0.25) is 0 Å². The summed E-state index contributed by atoms with van der Waals surface area (Å²) >= 11 is 0. The molecule has 5 heteroatoms. The molecule has 1 aliphatic rings. The van der Waals surface area contributed by atoms with E-state index in [0.29, 0.717) is 6.04 Å². The van der Waals surface area contributed by atoms with Crippen LogP contribution >= 0.6 is 0 Å². The lowest BCUT2D eigenvalue weighted by Crippen LogP contribution is -2.51. The van der Waals surface area contributed by atoms with E-state index >= 15 is 0 Å². The molecular weight excluding hydrogens is 250 g/mol. The third-order valence-corrected chi connectivity index (χ3v) is 4.12. The highest BCUT2D eigenvalue weighted by Gasteiger charge is 2.25. The molecule has 0 saturated carbocycles. The Morgan fingerprint density at radius 1 is 1.20 bits per heavy atom. The fourth-order valence-electron chi connectivity index (χ4n) is 2.84. The van der Waals surface area contributed by atoms with Crippen molar-refractivity contribution in [2.45, 2.75) is 40.2 Å². The van der Waals surface area contributed by atoms with Crippen LogP contribution in [0.4, 0.5) is 11.6 Å². The van der Waals surface area contributed by atoms with Crippen molar-refractivity contribution in [3.63, 3.8) is 0 Å². The molecule has 0 aliphatic carbocycles. The van der Waals surface area contributed by atoms with Gasteiger partial charge < -0.3 is 10.2 Å². The van der Waals surface area contributed by atoms with Gasteiger partial charge in [-0.1, -0.05) is 6.92 Å². The zero-order valence-electron chi connectivity index (χ0n) is 13.4. The number of nitrogens with one attached hydrogen (secondary N) is 1. The van der Waals surface area contributed by atoms with Gasteiger partial charge in [0.25, 0.3) is 0 Å². The highest BCUT2D eigenvalue weighted by atomic mass is 15.3. The standard InChI is InChI=1S/C15H27N5/c1-6-13-10-20(9-8-19(13)5)15-11(3)14(16-7-2)17-12(4)18-15/h13H,6-10H2,1-5H3,(H,16,17,18). The van der Waals surface area contributed by atoms with E-state index in [1.54, 1.807) is 0 Å². The first-order valence-electron chi connectivity index (χ1n) is 7.61. The fourth-order valence-corrected chi connectivity index (χ4v) is 2.84. The van der Waals surface area contributed by atoms with E-state index in [1.807, 2.05) is 6.92 Å². The van der Waals surface area contributed by atoms with Gasteiger partial charge in [-0.25, -0.2) is 9.97 Å². The molecule has 20 heavy (non-hydrogen) atoms. The molecule has 0 amide bonds. The summed E-state index contributed by atoms with van der Waals surface area (Å²) in [6, 6.07) is 0.612. The maximum Gasteiger partial charge on any atom is 0.137 e. The molecule has 1 N–H and O–H groups in total. The topological polar surface area (TPSA) is 44.3 Å². The Kier molecular flexibility index (Phi) is 4.81. The lowest BCUT2D eigenvalue weighted by molar-refractivity contribution is 0.212. The van der Waals surface area contributed by atoms with Crippen LogP contribution in [0.5, 0.6) is 0 Å². The first-order chi connectivity index (χ1) is 9.56. The molecule has 2 heterocycles. The minimum atomic E-state index is 0.612. The van der Waals surface area contributed by atoms with Crippen LogP contribution in [0.25, 0.3) is 0 Å². The number of piperazine rings is 1. The Morgan fingerprint density at radius 3 is 2.60 bits per heavy atom. The van der Waals surface area contributed by atoms with Crippen LogP contribution in [-0.2, 0) is 0 Å². The lowest BCUT2D eigenvalue weighted by atomic mass is 10.1. The molecule has 0 aromatic carbocycles. The molecule has 0 spiro atoms. The summed E-state index contributed by atoms with van der Waals surface area (Å²) in [6.45, 7) is 12.5. The zero-order valence-corrected chi connectivity index (χ0v) is 13.4. The molecule has 2 rings (SSSR count). The summed E-state index contributed by atoms with van der Waals surface area (Å²) in [5.74, 6) is 2.91. The molecule has 1 fully saturated rings. The Morgan fingerprint density at radius 2 is 1.95 bits per heavy atom. The molecule has 1 aromatic heterocycles. The molecule has 112 valence electrons. The lowest BCUT2D eigenvalue weighted by Gasteiger charge is -2.40. The average Bonchev–Trinajstić information content (AvgIpc) is 2.43. The second kappa shape index (κ2) is 6.39. The third kappa shape index (κ3) is 3.03. The first kappa shape index (κ1) is 15.0. The van der Waals surface area contributed by atoms with E-state index in [1.165, 1.54) is 6.42 Å². The van der Waals surface area contributed by atoms with Crippen LogP contribution in [0.2, 0.25) is 0 Å². The Hall–Kier alpha value is -1.36. The fraction of sp³-hybridized carbons (Fsp3) is 0.733. The van der Waals surface area contributed by atoms with Crippen molar-refractivity contribution in [2.75, 3.05) is 43.4 Å². The van der Waals surface area contributed by atoms with Crippen molar-refractivity contribution in [3.05, 3.63) is 11.4 Å². The summed E-state index contributed by atoms with van der Waals surface area (Å²) in [4.78, 5) is 14.1. The number of nitrogens with zero attached hydrogens (tertiary/aromatic N) is 4. The summed E-state index contributed by atoms with van der Waals surface area (Å²) in [5.41, 5.74) is 1.16. The van der Waals surface area contributed by atoms with Gasteiger partial charge in [-0.15, -0.1) is 0 Å². The SMILES string of the molecule is CCNc1nc(C)nc(N2CCN(C)C(CC)C2)c1C. The average molecular weight is 277 g/mol. The third-order valence-electron chi connectivity index (χ3n) is 4.12. The van der Waals surface area contributed by atoms with Gasteiger partial charge in [0.1, 0.15) is 17.5 Å². The predicted molar refractivity (Wildman–Crippen MR) is 84.6 cm³/mol. The summed E-state index contributed by atoms with van der Waals surface area (Å²) in [5, 5.41) is 3.34. The predicted octanol–water partition coefficient (Wildman–Crippen LogP) is 2.06. The van der Waals surface area contributed by atoms with Crippen LogP contribution < -0.4 is 10.2 Å². The molecule has 1 aliphatic heterocycles. The van der Waals surface area contributed by atoms with Crippen molar-refractivity contribution in [2.24, 2.45) is 0 Å². The smallest absolute Gasteiger partial charge is 0.137 e. The van der Waals surface area contributed by atoms with E-state index < -0.39 is 0 Å². The highest BCUT2D eigenvalue weighted by molar-refractivity contribution is 5.59. The van der Waals surface area contributed by atoms with Crippen molar-refractivity contribution >= 4 is 11.6 Å². The number of aryl methyl sites for hydroxylation is 1. The molecule has 5 nitrogen and oxygen atoms in total. The zero-order chi connectivity index (χ0) is 14.7. The van der Waals surface area contributed by atoms with E-state index in [0.717, 1.165) is 49.2 Å². The number of likely N-dealkylation sites (N-methyl/N-ethyl adjacent to an activating group) is 1. The molecule has 0 radical (unpaired) electrons. The maximum absolute atomic E-state index is 4.69. The largest absolute Gasteiger partial charge is 0.370 e. The molecular formula is C15H27N5. The number of aromatic nitrogens is 2. The molecule has 1 aromatic rings. The molecule has 1 unspecified atom stereocenters. The summed E-state index contributed by atoms with van der Waals surface area (Å²) in [7, 11) is 2.22. The maximum atomic E-state index is 4.69. The molecule has 1 atom stereocenters. The monoisotopic (exact) mass is 277 g/mol. The van der Waals surface area contributed by atoms with Crippen LogP contribution in [0, 0.1) is 13.8 Å². The van der Waals surface area contributed by atoms with Crippen molar-refractivity contribution in [1.82, 2.24) is 14.9 Å². The van der Waals surface area contributed by atoms with E-state index in [2.05, 4.69) is 52.9 Å². The highest BCUT2D eigenvalue weighted by Crippen LogP contribution is 2.25. The van der Waals surface area contributed by atoms with Crippen LogP contribution in [0.1, 0.15) is 31.7 Å². The van der Waals surface area contributed by atoms with Crippen molar-refractivity contribution < 1.29 is 0 Å². The first-order valence-corrected chi connectivity index (χ1v) is 7.61. The Bertz CT molecular complexity index is 460. The van der Waals surface area contributed by atoms with Gasteiger partial charge in [0, 0.05) is 37.8 Å². The second-order valence-corrected chi connectivity index (χ2v) is 5.59. The van der Waals surface area contributed by atoms with Gasteiger partial charge in [-0.05, 0) is 34.2 Å². The van der Waals surface area contributed by atoms with Gasteiger partial charge in [-0.3, -0.25) is 4.90 Å². The normalized spacial score (nSPS) is 20.2. The molecule has 0 bridgehead atoms. The van der Waals surface area contributed by atoms with Crippen molar-refractivity contribution in [3.8, 4) is 0 Å². The minimum absolute atomic E-state index is 0.612. The van der Waals surface area contributed by atoms with Crippen LogP contribution in [0.15, 0.2) is 0 Å².